The lowest BCUT2D eigenvalue weighted by molar-refractivity contribution is 0.0696. The molecular weight excluding hydrogens is 366 g/mol. The highest BCUT2D eigenvalue weighted by molar-refractivity contribution is 6.12. The number of carboxylic acids is 1. The Hall–Kier alpha value is -3.93. The first-order chi connectivity index (χ1) is 14.0. The Morgan fingerprint density at radius 3 is 2.45 bits per heavy atom. The second kappa shape index (κ2) is 7.24. The molecule has 0 spiro atoms. The molecule has 2 heterocycles. The van der Waals surface area contributed by atoms with E-state index in [-0.39, 0.29) is 11.3 Å². The van der Waals surface area contributed by atoms with Crippen molar-refractivity contribution in [3.8, 4) is 0 Å². The zero-order valence-corrected chi connectivity index (χ0v) is 15.9. The van der Waals surface area contributed by atoms with E-state index in [0.717, 1.165) is 22.2 Å². The molecule has 2 aromatic carbocycles. The summed E-state index contributed by atoms with van der Waals surface area (Å²) in [4.78, 5) is 24.0. The second-order valence-electron chi connectivity index (χ2n) is 6.71. The van der Waals surface area contributed by atoms with Crippen LogP contribution in [0.25, 0.3) is 22.8 Å². The molecule has 0 aliphatic rings. The molecule has 4 aromatic rings. The van der Waals surface area contributed by atoms with Gasteiger partial charge in [0.1, 0.15) is 5.65 Å². The topological polar surface area (TPSA) is 76.6 Å². The molecular formula is C23H19N3O3. The van der Waals surface area contributed by atoms with Gasteiger partial charge in [0.05, 0.1) is 27.9 Å². The van der Waals surface area contributed by atoms with Crippen LogP contribution >= 0.6 is 0 Å². The Balaban J connectivity index is 1.78. The normalized spacial score (nSPS) is 11.5. The van der Waals surface area contributed by atoms with Gasteiger partial charge in [0.2, 0.25) is 0 Å². The van der Waals surface area contributed by atoms with E-state index in [9.17, 15) is 9.59 Å². The quantitative estimate of drug-likeness (QED) is 0.304. The van der Waals surface area contributed by atoms with Crippen molar-refractivity contribution in [3.05, 3.63) is 89.6 Å². The van der Waals surface area contributed by atoms with Gasteiger partial charge in [-0.3, -0.25) is 4.79 Å². The highest BCUT2D eigenvalue weighted by Crippen LogP contribution is 2.26. The number of carboxylic acid groups (broad SMARTS) is 1. The average Bonchev–Trinajstić information content (AvgIpc) is 3.21. The summed E-state index contributed by atoms with van der Waals surface area (Å²) in [6.07, 6.45) is 4.97. The maximum Gasteiger partial charge on any atom is 0.335 e. The second-order valence-corrected chi connectivity index (χ2v) is 6.71. The van der Waals surface area contributed by atoms with Gasteiger partial charge in [0.15, 0.2) is 5.78 Å². The Bertz CT molecular complexity index is 1290. The van der Waals surface area contributed by atoms with Gasteiger partial charge < -0.3 is 9.67 Å². The van der Waals surface area contributed by atoms with E-state index in [1.807, 2.05) is 35.8 Å². The molecule has 0 atom stereocenters. The fourth-order valence-electron chi connectivity index (χ4n) is 3.51. The maximum absolute atomic E-state index is 13.0. The SMILES string of the molecule is C=CCn1c2ccccc2n2nc(C)c(C(=O)/C=C/c3ccc(C(=O)O)cc3)c12. The van der Waals surface area contributed by atoms with Crippen molar-refractivity contribution in [1.29, 1.82) is 0 Å². The third-order valence-electron chi connectivity index (χ3n) is 4.84. The number of imidazole rings is 1. The number of nitrogens with zero attached hydrogens (tertiary/aromatic N) is 3. The molecule has 0 bridgehead atoms. The highest BCUT2D eigenvalue weighted by atomic mass is 16.4. The van der Waals surface area contributed by atoms with Gasteiger partial charge in [-0.15, -0.1) is 6.58 Å². The maximum atomic E-state index is 13.0. The summed E-state index contributed by atoms with van der Waals surface area (Å²) >= 11 is 0. The van der Waals surface area contributed by atoms with E-state index >= 15 is 0 Å². The van der Waals surface area contributed by atoms with E-state index in [4.69, 9.17) is 5.11 Å². The van der Waals surface area contributed by atoms with Crippen molar-refractivity contribution in [2.75, 3.05) is 0 Å². The third-order valence-corrected chi connectivity index (χ3v) is 4.84. The molecule has 0 fully saturated rings. The molecule has 1 N–H and O–H groups in total. The number of aromatic carboxylic acids is 1. The predicted octanol–water partition coefficient (Wildman–Crippen LogP) is 4.38. The molecule has 6 heteroatoms. The van der Waals surface area contributed by atoms with Crippen molar-refractivity contribution < 1.29 is 14.7 Å². The summed E-state index contributed by atoms with van der Waals surface area (Å²) in [7, 11) is 0. The number of rotatable bonds is 6. The summed E-state index contributed by atoms with van der Waals surface area (Å²) in [6, 6.07) is 14.2. The first kappa shape index (κ1) is 18.4. The van der Waals surface area contributed by atoms with Crippen molar-refractivity contribution in [2.45, 2.75) is 13.5 Å². The largest absolute Gasteiger partial charge is 0.478 e. The number of aryl methyl sites for hydroxylation is 1. The van der Waals surface area contributed by atoms with E-state index < -0.39 is 5.97 Å². The fourth-order valence-corrected chi connectivity index (χ4v) is 3.51. The monoisotopic (exact) mass is 385 g/mol. The third kappa shape index (κ3) is 3.14. The number of fused-ring (bicyclic) bond motifs is 3. The van der Waals surface area contributed by atoms with Crippen LogP contribution in [0, 0.1) is 6.92 Å². The lowest BCUT2D eigenvalue weighted by atomic mass is 10.1. The van der Waals surface area contributed by atoms with E-state index in [1.165, 1.54) is 18.2 Å². The summed E-state index contributed by atoms with van der Waals surface area (Å²) in [5.74, 6) is -1.14. The molecule has 0 aliphatic carbocycles. The van der Waals surface area contributed by atoms with Gasteiger partial charge in [0, 0.05) is 6.54 Å². The van der Waals surface area contributed by atoms with Crippen LogP contribution in [0.5, 0.6) is 0 Å². The lowest BCUT2D eigenvalue weighted by Gasteiger charge is -2.03. The zero-order valence-electron chi connectivity index (χ0n) is 15.9. The Kier molecular flexibility index (Phi) is 4.60. The van der Waals surface area contributed by atoms with Crippen LogP contribution in [0.1, 0.15) is 32.0 Å². The number of hydrogen-bond acceptors (Lipinski definition) is 3. The predicted molar refractivity (Wildman–Crippen MR) is 112 cm³/mol. The van der Waals surface area contributed by atoms with Crippen molar-refractivity contribution in [1.82, 2.24) is 14.2 Å². The number of allylic oxidation sites excluding steroid dienone is 2. The standard InChI is InChI=1S/C23H19N3O3/c1-3-14-25-18-6-4-5-7-19(18)26-22(25)21(15(2)24-26)20(27)13-10-16-8-11-17(12-9-16)23(28)29/h3-13H,1,14H2,2H3,(H,28,29)/b13-10+. The molecule has 0 saturated carbocycles. The number of hydrogen-bond donors (Lipinski definition) is 1. The van der Waals surface area contributed by atoms with Gasteiger partial charge in [-0.05, 0) is 42.8 Å². The minimum atomic E-state index is -0.982. The Morgan fingerprint density at radius 2 is 1.79 bits per heavy atom. The first-order valence-corrected chi connectivity index (χ1v) is 9.14. The van der Waals surface area contributed by atoms with Crippen molar-refractivity contribution in [2.24, 2.45) is 0 Å². The molecule has 144 valence electrons. The Labute approximate surface area is 167 Å². The number of carbonyl (C=O) groups is 2. The number of carbonyl (C=O) groups excluding carboxylic acids is 1. The van der Waals surface area contributed by atoms with E-state index in [2.05, 4.69) is 11.7 Å². The summed E-state index contributed by atoms with van der Waals surface area (Å²) in [5.41, 5.74) is 4.80. The minimum absolute atomic E-state index is 0.159. The number of benzene rings is 2. The van der Waals surface area contributed by atoms with Crippen LogP contribution in [-0.2, 0) is 6.54 Å². The number of para-hydroxylation sites is 2. The summed E-state index contributed by atoms with van der Waals surface area (Å²) in [5, 5.41) is 13.6. The van der Waals surface area contributed by atoms with Crippen LogP contribution in [-0.4, -0.2) is 31.0 Å². The van der Waals surface area contributed by atoms with Gasteiger partial charge in [0.25, 0.3) is 0 Å². The van der Waals surface area contributed by atoms with Crippen molar-refractivity contribution >= 4 is 34.5 Å². The molecule has 29 heavy (non-hydrogen) atoms. The van der Waals surface area contributed by atoms with Crippen LogP contribution in [0.15, 0.2) is 67.3 Å². The van der Waals surface area contributed by atoms with Gasteiger partial charge >= 0.3 is 5.97 Å². The number of aromatic nitrogens is 3. The average molecular weight is 385 g/mol. The minimum Gasteiger partial charge on any atom is -0.478 e. The van der Waals surface area contributed by atoms with Gasteiger partial charge in [-0.25, -0.2) is 9.31 Å². The molecule has 0 amide bonds. The van der Waals surface area contributed by atoms with Crippen LogP contribution in [0.3, 0.4) is 0 Å². The first-order valence-electron chi connectivity index (χ1n) is 9.14. The molecule has 0 unspecified atom stereocenters. The van der Waals surface area contributed by atoms with E-state index in [1.54, 1.807) is 28.8 Å². The van der Waals surface area contributed by atoms with Crippen LogP contribution in [0.4, 0.5) is 0 Å². The van der Waals surface area contributed by atoms with Crippen LogP contribution in [0.2, 0.25) is 0 Å². The Morgan fingerprint density at radius 1 is 1.10 bits per heavy atom. The molecule has 2 aromatic heterocycles. The summed E-state index contributed by atoms with van der Waals surface area (Å²) < 4.78 is 3.84. The molecule has 0 radical (unpaired) electrons. The molecule has 0 saturated heterocycles. The molecule has 4 rings (SSSR count). The fraction of sp³-hybridized carbons (Fsp3) is 0.0870. The zero-order chi connectivity index (χ0) is 20.5. The van der Waals surface area contributed by atoms with E-state index in [0.29, 0.717) is 17.8 Å². The van der Waals surface area contributed by atoms with Crippen LogP contribution < -0.4 is 0 Å². The number of ketones is 1. The van der Waals surface area contributed by atoms with Gasteiger partial charge in [-0.2, -0.15) is 5.10 Å². The molecule has 0 aliphatic heterocycles. The lowest BCUT2D eigenvalue weighted by Crippen LogP contribution is -2.02. The van der Waals surface area contributed by atoms with Crippen molar-refractivity contribution in [3.63, 3.8) is 0 Å². The van der Waals surface area contributed by atoms with Gasteiger partial charge in [-0.1, -0.05) is 36.4 Å². The highest BCUT2D eigenvalue weighted by Gasteiger charge is 2.21. The summed E-state index contributed by atoms with van der Waals surface area (Å²) in [6.45, 7) is 6.22. The molecule has 6 nitrogen and oxygen atoms in total. The smallest absolute Gasteiger partial charge is 0.335 e.